The van der Waals surface area contributed by atoms with Crippen LogP contribution in [-0.4, -0.2) is 63.2 Å². The number of nitrogens with one attached hydrogen (secondary N) is 1. The molecule has 2 heterocycles. The lowest BCUT2D eigenvalue weighted by molar-refractivity contribution is -0.143. The van der Waals surface area contributed by atoms with Crippen LogP contribution in [0.1, 0.15) is 51.2 Å². The van der Waals surface area contributed by atoms with Gasteiger partial charge in [0.15, 0.2) is 11.5 Å². The maximum atomic E-state index is 12.6. The molecule has 0 fully saturated rings. The summed E-state index contributed by atoms with van der Waals surface area (Å²) < 4.78 is 12.5. The first-order valence-corrected chi connectivity index (χ1v) is 12.3. The molecule has 35 heavy (non-hydrogen) atoms. The number of benzene rings is 1. The van der Waals surface area contributed by atoms with Gasteiger partial charge < -0.3 is 25.1 Å². The molecule has 2 aromatic heterocycles. The smallest absolute Gasteiger partial charge is 0.328 e. The van der Waals surface area contributed by atoms with Gasteiger partial charge in [0.05, 0.1) is 26.2 Å². The molecule has 0 bridgehead atoms. The first-order chi connectivity index (χ1) is 16.9. The second-order valence-corrected chi connectivity index (χ2v) is 8.41. The van der Waals surface area contributed by atoms with Crippen LogP contribution in [0, 0.1) is 0 Å². The minimum Gasteiger partial charge on any atom is -0.465 e. The van der Waals surface area contributed by atoms with E-state index in [0.717, 1.165) is 50.0 Å². The number of esters is 1. The third-order valence-corrected chi connectivity index (χ3v) is 5.82. The van der Waals surface area contributed by atoms with Crippen LogP contribution >= 0.6 is 0 Å². The van der Waals surface area contributed by atoms with Crippen LogP contribution in [0.5, 0.6) is 6.01 Å². The molecule has 3 rings (SSSR count). The number of rotatable bonds is 14. The zero-order valence-electron chi connectivity index (χ0n) is 20.9. The number of aromatic nitrogens is 4. The average molecular weight is 485 g/mol. The highest BCUT2D eigenvalue weighted by molar-refractivity contribution is 5.82. The Balaban J connectivity index is 1.66. The number of hydrogen-bond donors (Lipinski definition) is 2. The quantitative estimate of drug-likeness (QED) is 0.264. The van der Waals surface area contributed by atoms with Gasteiger partial charge in [-0.3, -0.25) is 9.36 Å². The molecule has 3 aromatic rings. The summed E-state index contributed by atoms with van der Waals surface area (Å²) in [4.78, 5) is 38.5. The fraction of sp³-hybridized carbons (Fsp3) is 0.520. The maximum Gasteiger partial charge on any atom is 0.328 e. The number of nitrogens with zero attached hydrogens (tertiary/aromatic N) is 4. The van der Waals surface area contributed by atoms with Crippen LogP contribution in [0.4, 0.5) is 5.82 Å². The van der Waals surface area contributed by atoms with Crippen molar-refractivity contribution in [3.63, 3.8) is 0 Å². The second-order valence-electron chi connectivity index (χ2n) is 8.41. The third kappa shape index (κ3) is 7.29. The van der Waals surface area contributed by atoms with Gasteiger partial charge in [0.1, 0.15) is 5.52 Å². The number of hydrogen-bond acceptors (Lipinski definition) is 8. The first kappa shape index (κ1) is 26.2. The zero-order chi connectivity index (χ0) is 25.2. The Morgan fingerprint density at radius 3 is 2.63 bits per heavy atom. The van der Waals surface area contributed by atoms with Crippen molar-refractivity contribution in [3.8, 4) is 6.01 Å². The van der Waals surface area contributed by atoms with E-state index in [-0.39, 0.29) is 36.5 Å². The Morgan fingerprint density at radius 1 is 1.11 bits per heavy atom. The van der Waals surface area contributed by atoms with Crippen LogP contribution < -0.4 is 16.2 Å². The van der Waals surface area contributed by atoms with E-state index in [2.05, 4.69) is 40.6 Å². The summed E-state index contributed by atoms with van der Waals surface area (Å²) in [6.45, 7) is 10.3. The molecule has 0 aliphatic carbocycles. The van der Waals surface area contributed by atoms with Gasteiger partial charge in [-0.2, -0.15) is 9.97 Å². The summed E-state index contributed by atoms with van der Waals surface area (Å²) in [5, 5.41) is 0. The molecule has 0 spiro atoms. The molecule has 0 unspecified atom stereocenters. The highest BCUT2D eigenvalue weighted by atomic mass is 16.5. The third-order valence-electron chi connectivity index (χ3n) is 5.82. The molecule has 190 valence electrons. The van der Waals surface area contributed by atoms with E-state index in [4.69, 9.17) is 15.2 Å². The van der Waals surface area contributed by atoms with Gasteiger partial charge >= 0.3 is 17.7 Å². The number of imidazole rings is 1. The van der Waals surface area contributed by atoms with Crippen molar-refractivity contribution in [1.29, 1.82) is 0 Å². The predicted octanol–water partition coefficient (Wildman–Crippen LogP) is 2.75. The standard InChI is InChI=1S/C25H36N6O4/c1-4-7-13-35-24-28-22(26)21-23(29-24)31(25(33)27-21)17-19-11-8-10-18(15-19)16-20(32)34-14-9-12-30(5-2)6-3/h8,10-11,15H,4-7,9,12-14,16-17H2,1-3H3,(H,27,33)(H2,26,28,29). The summed E-state index contributed by atoms with van der Waals surface area (Å²) in [5.41, 5.74) is 8.12. The fourth-order valence-electron chi connectivity index (χ4n) is 3.80. The molecule has 0 radical (unpaired) electrons. The molecule has 10 nitrogen and oxygen atoms in total. The van der Waals surface area contributed by atoms with Crippen LogP contribution in [0.3, 0.4) is 0 Å². The Morgan fingerprint density at radius 2 is 1.89 bits per heavy atom. The van der Waals surface area contributed by atoms with Crippen molar-refractivity contribution < 1.29 is 14.3 Å². The van der Waals surface area contributed by atoms with Gasteiger partial charge in [-0.25, -0.2) is 4.79 Å². The molecule has 0 saturated carbocycles. The monoisotopic (exact) mass is 484 g/mol. The van der Waals surface area contributed by atoms with E-state index in [1.54, 1.807) is 0 Å². The molecule has 0 aliphatic rings. The number of carbonyl (C=O) groups excluding carboxylic acids is 1. The van der Waals surface area contributed by atoms with E-state index in [9.17, 15) is 9.59 Å². The Labute approximate surface area is 205 Å². The van der Waals surface area contributed by atoms with Gasteiger partial charge in [-0.15, -0.1) is 0 Å². The fourth-order valence-corrected chi connectivity index (χ4v) is 3.80. The van der Waals surface area contributed by atoms with Crippen LogP contribution in [0.15, 0.2) is 29.1 Å². The minimum atomic E-state index is -0.343. The largest absolute Gasteiger partial charge is 0.465 e. The highest BCUT2D eigenvalue weighted by Crippen LogP contribution is 2.19. The van der Waals surface area contributed by atoms with E-state index < -0.39 is 0 Å². The average Bonchev–Trinajstić information content (AvgIpc) is 3.15. The number of fused-ring (bicyclic) bond motifs is 1. The molecule has 0 atom stereocenters. The van der Waals surface area contributed by atoms with Crippen LogP contribution in [-0.2, 0) is 22.5 Å². The molecule has 0 aliphatic heterocycles. The van der Waals surface area contributed by atoms with Gasteiger partial charge in [0.25, 0.3) is 0 Å². The molecule has 1 aromatic carbocycles. The molecule has 0 saturated heterocycles. The molecular formula is C25H36N6O4. The van der Waals surface area contributed by atoms with Crippen LogP contribution in [0.2, 0.25) is 0 Å². The SMILES string of the molecule is CCCCOc1nc(N)c2[nH]c(=O)n(Cc3cccc(CC(=O)OCCCN(CC)CC)c3)c2n1. The zero-order valence-corrected chi connectivity index (χ0v) is 20.9. The minimum absolute atomic E-state index is 0.147. The first-order valence-electron chi connectivity index (χ1n) is 12.3. The molecule has 10 heteroatoms. The normalized spacial score (nSPS) is 11.3. The summed E-state index contributed by atoms with van der Waals surface area (Å²) in [6, 6.07) is 7.67. The molecule has 3 N–H and O–H groups in total. The Hall–Kier alpha value is -3.40. The van der Waals surface area contributed by atoms with E-state index in [0.29, 0.717) is 24.4 Å². The lowest BCUT2D eigenvalue weighted by Gasteiger charge is -2.17. The van der Waals surface area contributed by atoms with E-state index in [1.807, 2.05) is 24.3 Å². The van der Waals surface area contributed by atoms with Crippen molar-refractivity contribution >= 4 is 23.0 Å². The molecular weight excluding hydrogens is 448 g/mol. The summed E-state index contributed by atoms with van der Waals surface area (Å²) >= 11 is 0. The highest BCUT2D eigenvalue weighted by Gasteiger charge is 2.15. The number of unbranched alkanes of at least 4 members (excludes halogenated alkanes) is 1. The van der Waals surface area contributed by atoms with Crippen molar-refractivity contribution in [2.24, 2.45) is 0 Å². The number of carbonyl (C=O) groups is 1. The van der Waals surface area contributed by atoms with Gasteiger partial charge in [0, 0.05) is 6.54 Å². The number of H-pyrrole nitrogens is 1. The van der Waals surface area contributed by atoms with E-state index in [1.165, 1.54) is 4.57 Å². The number of nitrogen functional groups attached to an aromatic ring is 1. The summed E-state index contributed by atoms with van der Waals surface area (Å²) in [5.74, 6) is -0.102. The predicted molar refractivity (Wildman–Crippen MR) is 136 cm³/mol. The topological polar surface area (TPSA) is 128 Å². The van der Waals surface area contributed by atoms with Crippen molar-refractivity contribution in [2.45, 2.75) is 53.0 Å². The lowest BCUT2D eigenvalue weighted by atomic mass is 10.1. The number of ether oxygens (including phenoxy) is 2. The number of aromatic amines is 1. The Kier molecular flexibility index (Phi) is 9.66. The second kappa shape index (κ2) is 12.9. The van der Waals surface area contributed by atoms with Crippen molar-refractivity contribution in [1.82, 2.24) is 24.4 Å². The lowest BCUT2D eigenvalue weighted by Crippen LogP contribution is -2.25. The van der Waals surface area contributed by atoms with Gasteiger partial charge in [-0.05, 0) is 37.1 Å². The maximum absolute atomic E-state index is 12.6. The summed E-state index contributed by atoms with van der Waals surface area (Å²) in [7, 11) is 0. The van der Waals surface area contributed by atoms with Crippen molar-refractivity contribution in [2.75, 3.05) is 38.6 Å². The van der Waals surface area contributed by atoms with E-state index >= 15 is 0 Å². The van der Waals surface area contributed by atoms with Gasteiger partial charge in [-0.1, -0.05) is 51.5 Å². The van der Waals surface area contributed by atoms with Crippen molar-refractivity contribution in [3.05, 3.63) is 45.9 Å². The molecule has 0 amide bonds. The van der Waals surface area contributed by atoms with Crippen LogP contribution in [0.25, 0.3) is 11.2 Å². The van der Waals surface area contributed by atoms with Gasteiger partial charge in [0.2, 0.25) is 0 Å². The number of anilines is 1. The Bertz CT molecular complexity index is 1170. The summed E-state index contributed by atoms with van der Waals surface area (Å²) in [6.07, 6.45) is 2.83. The number of nitrogens with two attached hydrogens (primary N) is 1.